The molecule has 0 amide bonds. The molecule has 0 aliphatic rings. The van der Waals surface area contributed by atoms with Crippen LogP contribution in [0, 0.1) is 11.2 Å². The highest BCUT2D eigenvalue weighted by Gasteiger charge is 2.29. The fraction of sp³-hybridized carbons (Fsp3) is 0.647. The highest BCUT2D eigenvalue weighted by atomic mass is 19.1. The van der Waals surface area contributed by atoms with Gasteiger partial charge in [0.05, 0.1) is 0 Å². The van der Waals surface area contributed by atoms with Crippen LogP contribution in [0.25, 0.3) is 0 Å². The van der Waals surface area contributed by atoms with Crippen LogP contribution in [-0.4, -0.2) is 32.1 Å². The number of benzene rings is 1. The molecule has 0 bridgehead atoms. The summed E-state index contributed by atoms with van der Waals surface area (Å²) in [7, 11) is 4.09. The van der Waals surface area contributed by atoms with Gasteiger partial charge in [0.1, 0.15) is 5.82 Å². The fourth-order valence-corrected chi connectivity index (χ4v) is 2.87. The lowest BCUT2D eigenvalue weighted by Gasteiger charge is -2.38. The third-order valence-electron chi connectivity index (χ3n) is 4.65. The first-order valence-corrected chi connectivity index (χ1v) is 7.59. The average Bonchev–Trinajstić information content (AvgIpc) is 2.46. The van der Waals surface area contributed by atoms with Crippen molar-refractivity contribution in [1.29, 1.82) is 0 Å². The minimum atomic E-state index is -0.112. The average molecular weight is 280 g/mol. The number of rotatable bonds is 8. The Hall–Kier alpha value is -0.930. The maximum absolute atomic E-state index is 13.9. The van der Waals surface area contributed by atoms with Crippen molar-refractivity contribution in [3.05, 3.63) is 35.6 Å². The first kappa shape index (κ1) is 17.1. The zero-order chi connectivity index (χ0) is 15.2. The Morgan fingerprint density at radius 3 is 2.35 bits per heavy atom. The summed E-state index contributed by atoms with van der Waals surface area (Å²) in [6, 6.07) is 7.16. The molecule has 20 heavy (non-hydrogen) atoms. The summed E-state index contributed by atoms with van der Waals surface area (Å²) < 4.78 is 13.9. The van der Waals surface area contributed by atoms with E-state index in [2.05, 4.69) is 38.0 Å². The van der Waals surface area contributed by atoms with Crippen LogP contribution in [0.4, 0.5) is 4.39 Å². The van der Waals surface area contributed by atoms with Crippen LogP contribution >= 0.6 is 0 Å². The van der Waals surface area contributed by atoms with Crippen molar-refractivity contribution in [2.45, 2.75) is 39.7 Å². The predicted molar refractivity (Wildman–Crippen MR) is 84.4 cm³/mol. The lowest BCUT2D eigenvalue weighted by Crippen LogP contribution is -2.42. The van der Waals surface area contributed by atoms with Gasteiger partial charge in [-0.3, -0.25) is 4.90 Å². The number of nitrogens with zero attached hydrogens (tertiary/aromatic N) is 1. The van der Waals surface area contributed by atoms with Crippen molar-refractivity contribution < 1.29 is 4.39 Å². The summed E-state index contributed by atoms with van der Waals surface area (Å²) >= 11 is 0. The summed E-state index contributed by atoms with van der Waals surface area (Å²) in [6.07, 6.45) is 2.25. The van der Waals surface area contributed by atoms with Crippen LogP contribution in [0.3, 0.4) is 0 Å². The Kier molecular flexibility index (Phi) is 6.63. The maximum Gasteiger partial charge on any atom is 0.127 e. The molecule has 0 radical (unpaired) electrons. The zero-order valence-corrected chi connectivity index (χ0v) is 13.5. The first-order valence-electron chi connectivity index (χ1n) is 7.59. The van der Waals surface area contributed by atoms with Crippen molar-refractivity contribution >= 4 is 0 Å². The molecule has 0 saturated carbocycles. The van der Waals surface area contributed by atoms with Gasteiger partial charge in [-0.25, -0.2) is 4.39 Å². The molecule has 0 aliphatic heterocycles. The molecule has 1 aromatic rings. The third kappa shape index (κ3) is 4.03. The van der Waals surface area contributed by atoms with Gasteiger partial charge >= 0.3 is 0 Å². The molecule has 1 unspecified atom stereocenters. The molecule has 0 saturated heterocycles. The van der Waals surface area contributed by atoms with Gasteiger partial charge in [0, 0.05) is 24.7 Å². The van der Waals surface area contributed by atoms with Crippen LogP contribution in [0.15, 0.2) is 24.3 Å². The van der Waals surface area contributed by atoms with Gasteiger partial charge in [0.25, 0.3) is 0 Å². The zero-order valence-electron chi connectivity index (χ0n) is 13.5. The Bertz CT molecular complexity index is 402. The van der Waals surface area contributed by atoms with E-state index in [-0.39, 0.29) is 17.3 Å². The predicted octanol–water partition coefficient (Wildman–Crippen LogP) is 3.84. The van der Waals surface area contributed by atoms with Crippen LogP contribution < -0.4 is 5.32 Å². The summed E-state index contributed by atoms with van der Waals surface area (Å²) in [4.78, 5) is 2.27. The van der Waals surface area contributed by atoms with E-state index in [0.717, 1.165) is 31.5 Å². The number of nitrogens with one attached hydrogen (secondary N) is 1. The van der Waals surface area contributed by atoms with Crippen molar-refractivity contribution in [3.8, 4) is 0 Å². The van der Waals surface area contributed by atoms with Crippen LogP contribution in [0.2, 0.25) is 0 Å². The highest BCUT2D eigenvalue weighted by molar-refractivity contribution is 5.20. The van der Waals surface area contributed by atoms with Gasteiger partial charge in [-0.15, -0.1) is 0 Å². The normalized spacial score (nSPS) is 13.8. The highest BCUT2D eigenvalue weighted by Crippen LogP contribution is 2.30. The molecule has 0 fully saturated rings. The molecule has 3 heteroatoms. The molecular formula is C17H29FN2. The molecule has 0 aromatic heterocycles. The molecule has 1 aromatic carbocycles. The molecular weight excluding hydrogens is 251 g/mol. The maximum atomic E-state index is 13.9. The second kappa shape index (κ2) is 7.75. The smallest absolute Gasteiger partial charge is 0.127 e. The lowest BCUT2D eigenvalue weighted by molar-refractivity contribution is 0.128. The first-order chi connectivity index (χ1) is 9.49. The number of hydrogen-bond donors (Lipinski definition) is 1. The van der Waals surface area contributed by atoms with E-state index >= 15 is 0 Å². The van der Waals surface area contributed by atoms with Crippen LogP contribution in [0.1, 0.15) is 45.2 Å². The minimum Gasteiger partial charge on any atom is -0.319 e. The van der Waals surface area contributed by atoms with E-state index in [1.54, 1.807) is 12.1 Å². The van der Waals surface area contributed by atoms with E-state index in [1.807, 2.05) is 19.2 Å². The Labute approximate surface area is 123 Å². The van der Waals surface area contributed by atoms with E-state index in [9.17, 15) is 4.39 Å². The van der Waals surface area contributed by atoms with Crippen molar-refractivity contribution in [1.82, 2.24) is 10.2 Å². The third-order valence-corrected chi connectivity index (χ3v) is 4.65. The second-order valence-electron chi connectivity index (χ2n) is 5.85. The van der Waals surface area contributed by atoms with Gasteiger partial charge in [-0.1, -0.05) is 32.0 Å². The van der Waals surface area contributed by atoms with Gasteiger partial charge in [-0.2, -0.15) is 0 Å². The van der Waals surface area contributed by atoms with Gasteiger partial charge < -0.3 is 5.32 Å². The second-order valence-corrected chi connectivity index (χ2v) is 5.85. The van der Waals surface area contributed by atoms with E-state index < -0.39 is 0 Å². The largest absolute Gasteiger partial charge is 0.319 e. The molecule has 1 N–H and O–H groups in total. The molecule has 0 aliphatic carbocycles. The molecule has 0 heterocycles. The molecule has 1 rings (SSSR count). The van der Waals surface area contributed by atoms with E-state index in [0.29, 0.717) is 0 Å². The summed E-state index contributed by atoms with van der Waals surface area (Å²) in [5.41, 5.74) is 1.03. The Morgan fingerprint density at radius 1 is 1.25 bits per heavy atom. The Balaban J connectivity index is 2.83. The van der Waals surface area contributed by atoms with Gasteiger partial charge in [0.15, 0.2) is 0 Å². The quantitative estimate of drug-likeness (QED) is 0.778. The van der Waals surface area contributed by atoms with Crippen molar-refractivity contribution in [2.75, 3.05) is 27.2 Å². The topological polar surface area (TPSA) is 15.3 Å². The summed E-state index contributed by atoms with van der Waals surface area (Å²) in [5.74, 6) is -0.112. The van der Waals surface area contributed by atoms with Crippen molar-refractivity contribution in [3.63, 3.8) is 0 Å². The fourth-order valence-electron chi connectivity index (χ4n) is 2.87. The standard InChI is InChI=1S/C17H29FN2/c1-6-17(7-2,12-19-4)13-20(5)14(3)15-10-8-9-11-16(15)18/h8-11,14,19H,6-7,12-13H2,1-5H3. The SMILES string of the molecule is CCC(CC)(CNC)CN(C)C(C)c1ccccc1F. The van der Waals surface area contributed by atoms with Gasteiger partial charge in [-0.05, 0) is 45.3 Å². The van der Waals surface area contributed by atoms with E-state index in [4.69, 9.17) is 0 Å². The molecule has 2 nitrogen and oxygen atoms in total. The summed E-state index contributed by atoms with van der Waals surface area (Å²) in [5, 5.41) is 3.31. The van der Waals surface area contributed by atoms with Crippen molar-refractivity contribution in [2.24, 2.45) is 5.41 Å². The lowest BCUT2D eigenvalue weighted by atomic mass is 9.81. The van der Waals surface area contributed by atoms with Gasteiger partial charge in [0.2, 0.25) is 0 Å². The number of halogens is 1. The molecule has 114 valence electrons. The molecule has 0 spiro atoms. The van der Waals surface area contributed by atoms with Crippen LogP contribution in [-0.2, 0) is 0 Å². The summed E-state index contributed by atoms with van der Waals surface area (Å²) in [6.45, 7) is 8.52. The van der Waals surface area contributed by atoms with E-state index in [1.165, 1.54) is 0 Å². The Morgan fingerprint density at radius 2 is 1.85 bits per heavy atom. The number of hydrogen-bond acceptors (Lipinski definition) is 2. The monoisotopic (exact) mass is 280 g/mol. The molecule has 1 atom stereocenters. The minimum absolute atomic E-state index is 0.0885. The van der Waals surface area contributed by atoms with Crippen LogP contribution in [0.5, 0.6) is 0 Å².